The summed E-state index contributed by atoms with van der Waals surface area (Å²) >= 11 is 0. The summed E-state index contributed by atoms with van der Waals surface area (Å²) in [4.78, 5) is 0. The van der Waals surface area contributed by atoms with E-state index in [2.05, 4.69) is 39.3 Å². The average Bonchev–Trinajstić information content (AvgIpc) is 1.81. The highest BCUT2D eigenvalue weighted by Crippen LogP contribution is 2.22. The monoisotopic (exact) mass is 233 g/mol. The van der Waals surface area contributed by atoms with Crippen LogP contribution in [0.25, 0.3) is 0 Å². The van der Waals surface area contributed by atoms with Crippen molar-refractivity contribution in [2.45, 2.75) is 51.4 Å². The van der Waals surface area contributed by atoms with Gasteiger partial charge in [0.25, 0.3) is 0 Å². The van der Waals surface area contributed by atoms with Gasteiger partial charge in [-0.25, -0.2) is 0 Å². The van der Waals surface area contributed by atoms with E-state index in [1.807, 2.05) is 0 Å². The van der Waals surface area contributed by atoms with Crippen molar-refractivity contribution >= 4 is 24.7 Å². The van der Waals surface area contributed by atoms with Crippen LogP contribution in [0.2, 0.25) is 51.4 Å². The van der Waals surface area contributed by atoms with Gasteiger partial charge >= 0.3 is 0 Å². The van der Waals surface area contributed by atoms with Crippen molar-refractivity contribution < 1.29 is 0 Å². The van der Waals surface area contributed by atoms with Crippen LogP contribution in [0.3, 0.4) is 0 Å². The molecule has 0 aromatic carbocycles. The topological polar surface area (TPSA) is 0 Å². The standard InChI is InChI=1S/C10H26PSi2/c1-12(2,3)9-7-11-8-10-13(4,5)6/h7-10H2,1-6H3. The predicted molar refractivity (Wildman–Crippen MR) is 73.0 cm³/mol. The van der Waals surface area contributed by atoms with Gasteiger partial charge in [0.15, 0.2) is 0 Å². The Morgan fingerprint density at radius 1 is 0.692 bits per heavy atom. The Balaban J connectivity index is 3.28. The summed E-state index contributed by atoms with van der Waals surface area (Å²) in [6.45, 7) is 14.8. The normalized spacial score (nSPS) is 13.4. The summed E-state index contributed by atoms with van der Waals surface area (Å²) in [5.41, 5.74) is 0. The van der Waals surface area contributed by atoms with Crippen LogP contribution in [0.1, 0.15) is 0 Å². The van der Waals surface area contributed by atoms with E-state index in [9.17, 15) is 0 Å². The van der Waals surface area contributed by atoms with E-state index in [-0.39, 0.29) is 0 Å². The molecule has 0 N–H and O–H groups in total. The molecule has 0 rings (SSSR count). The van der Waals surface area contributed by atoms with E-state index in [1.165, 1.54) is 24.4 Å². The minimum absolute atomic E-state index is 0.749. The Kier molecular flexibility index (Phi) is 6.05. The van der Waals surface area contributed by atoms with Gasteiger partial charge in [-0.05, 0) is 12.3 Å². The molecular formula is C10H26PSi2. The SMILES string of the molecule is C[Si](C)(C)CC[P]CC[Si](C)(C)C. The van der Waals surface area contributed by atoms with Gasteiger partial charge < -0.3 is 0 Å². The second kappa shape index (κ2) is 5.67. The summed E-state index contributed by atoms with van der Waals surface area (Å²) in [7, 11) is 0.215. The Morgan fingerprint density at radius 3 is 1.23 bits per heavy atom. The first-order valence-electron chi connectivity index (χ1n) is 5.34. The zero-order valence-corrected chi connectivity index (χ0v) is 13.2. The third kappa shape index (κ3) is 12.9. The molecule has 0 saturated heterocycles. The van der Waals surface area contributed by atoms with Crippen LogP contribution < -0.4 is 0 Å². The van der Waals surface area contributed by atoms with Crippen LogP contribution in [0.15, 0.2) is 0 Å². The quantitative estimate of drug-likeness (QED) is 0.357. The maximum atomic E-state index is 2.47. The van der Waals surface area contributed by atoms with Crippen molar-refractivity contribution in [3.8, 4) is 0 Å². The molecule has 0 aliphatic rings. The first kappa shape index (κ1) is 13.9. The van der Waals surface area contributed by atoms with E-state index < -0.39 is 16.1 Å². The zero-order valence-electron chi connectivity index (χ0n) is 10.3. The largest absolute Gasteiger partial charge is 0.0816 e. The molecule has 13 heavy (non-hydrogen) atoms. The van der Waals surface area contributed by atoms with Crippen LogP contribution in [-0.4, -0.2) is 28.5 Å². The summed E-state index contributed by atoms with van der Waals surface area (Å²) in [5, 5.41) is 0. The molecule has 79 valence electrons. The molecule has 1 radical (unpaired) electrons. The van der Waals surface area contributed by atoms with Crippen LogP contribution in [-0.2, 0) is 0 Å². The van der Waals surface area contributed by atoms with E-state index >= 15 is 0 Å². The van der Waals surface area contributed by atoms with E-state index in [1.54, 1.807) is 8.58 Å². The van der Waals surface area contributed by atoms with Crippen molar-refractivity contribution in [3.63, 3.8) is 0 Å². The molecule has 0 saturated carbocycles. The highest BCUT2D eigenvalue weighted by atomic mass is 31.1. The molecular weight excluding hydrogens is 207 g/mol. The van der Waals surface area contributed by atoms with Gasteiger partial charge in [0.2, 0.25) is 0 Å². The van der Waals surface area contributed by atoms with E-state index in [0.717, 1.165) is 0 Å². The van der Waals surface area contributed by atoms with E-state index in [0.29, 0.717) is 0 Å². The molecule has 0 aromatic heterocycles. The summed E-state index contributed by atoms with van der Waals surface area (Å²) in [6.07, 6.45) is 2.92. The van der Waals surface area contributed by atoms with Crippen LogP contribution in [0.5, 0.6) is 0 Å². The lowest BCUT2D eigenvalue weighted by Crippen LogP contribution is -2.21. The lowest BCUT2D eigenvalue weighted by molar-refractivity contribution is 1.32. The van der Waals surface area contributed by atoms with Gasteiger partial charge in [-0.3, -0.25) is 0 Å². The van der Waals surface area contributed by atoms with Crippen molar-refractivity contribution in [1.82, 2.24) is 0 Å². The second-order valence-corrected chi connectivity index (χ2v) is 18.9. The number of hydrogen-bond donors (Lipinski definition) is 0. The maximum absolute atomic E-state index is 2.47. The molecule has 3 heteroatoms. The summed E-state index contributed by atoms with van der Waals surface area (Å²) < 4.78 is 0. The first-order chi connectivity index (χ1) is 5.71. The van der Waals surface area contributed by atoms with Crippen LogP contribution >= 0.6 is 8.58 Å². The lowest BCUT2D eigenvalue weighted by Gasteiger charge is -2.17. The molecule has 0 unspecified atom stereocenters. The third-order valence-corrected chi connectivity index (χ3v) is 7.46. The molecule has 0 fully saturated rings. The summed E-state index contributed by atoms with van der Waals surface area (Å²) in [5.74, 6) is 0. The van der Waals surface area contributed by atoms with Crippen molar-refractivity contribution in [3.05, 3.63) is 0 Å². The molecule has 0 aliphatic carbocycles. The minimum Gasteiger partial charge on any atom is -0.0816 e. The van der Waals surface area contributed by atoms with Crippen molar-refractivity contribution in [2.24, 2.45) is 0 Å². The van der Waals surface area contributed by atoms with Crippen LogP contribution in [0.4, 0.5) is 0 Å². The fourth-order valence-electron chi connectivity index (χ4n) is 0.941. The second-order valence-electron chi connectivity index (χ2n) is 6.29. The Bertz CT molecular complexity index is 117. The zero-order chi connectivity index (χ0) is 10.5. The fraction of sp³-hybridized carbons (Fsp3) is 1.00. The maximum Gasteiger partial charge on any atom is 0.0446 e. The Labute approximate surface area is 88.7 Å². The molecule has 0 atom stereocenters. The molecule has 0 aromatic rings. The molecule has 0 nitrogen and oxygen atoms in total. The fourth-order valence-corrected chi connectivity index (χ4v) is 7.80. The Morgan fingerprint density at radius 2 is 1.00 bits per heavy atom. The molecule has 0 aliphatic heterocycles. The lowest BCUT2D eigenvalue weighted by atomic mass is 10.9. The van der Waals surface area contributed by atoms with Crippen LogP contribution in [0, 0.1) is 0 Å². The highest BCUT2D eigenvalue weighted by Gasteiger charge is 2.14. The number of rotatable bonds is 6. The first-order valence-corrected chi connectivity index (χ1v) is 14.0. The highest BCUT2D eigenvalue weighted by molar-refractivity contribution is 7.38. The van der Waals surface area contributed by atoms with Crippen molar-refractivity contribution in [2.75, 3.05) is 12.3 Å². The molecule has 0 amide bonds. The minimum atomic E-state index is -0.749. The van der Waals surface area contributed by atoms with E-state index in [4.69, 9.17) is 0 Å². The number of hydrogen-bond acceptors (Lipinski definition) is 0. The van der Waals surface area contributed by atoms with Gasteiger partial charge in [-0.2, -0.15) is 0 Å². The van der Waals surface area contributed by atoms with Gasteiger partial charge in [0.1, 0.15) is 0 Å². The van der Waals surface area contributed by atoms with Gasteiger partial charge in [0.05, 0.1) is 0 Å². The Hall–Kier alpha value is 0.864. The van der Waals surface area contributed by atoms with Gasteiger partial charge in [-0.15, -0.1) is 0 Å². The molecule has 0 heterocycles. The average molecular weight is 233 g/mol. The summed E-state index contributed by atoms with van der Waals surface area (Å²) in [6, 6.07) is 3.03. The third-order valence-electron chi connectivity index (χ3n) is 2.04. The molecule has 0 bridgehead atoms. The predicted octanol–water partition coefficient (Wildman–Crippen LogP) is 4.61. The van der Waals surface area contributed by atoms with Gasteiger partial charge in [0, 0.05) is 16.1 Å². The molecule has 0 spiro atoms. The smallest absolute Gasteiger partial charge is 0.0446 e. The van der Waals surface area contributed by atoms with Crippen molar-refractivity contribution in [1.29, 1.82) is 0 Å². The van der Waals surface area contributed by atoms with Gasteiger partial charge in [-0.1, -0.05) is 60.0 Å².